The number of carbonyl (C=O) groups is 4. The zero-order valence-corrected chi connectivity index (χ0v) is 32.0. The summed E-state index contributed by atoms with van der Waals surface area (Å²) >= 11 is 0. The molecule has 54 heavy (non-hydrogen) atoms. The van der Waals surface area contributed by atoms with Crippen molar-refractivity contribution in [3.8, 4) is 5.75 Å². The van der Waals surface area contributed by atoms with Crippen LogP contribution in [0.5, 0.6) is 5.75 Å². The van der Waals surface area contributed by atoms with Gasteiger partial charge in [-0.15, -0.1) is 0 Å². The molecule has 0 aliphatic carbocycles. The zero-order valence-electron chi connectivity index (χ0n) is 32.0. The van der Waals surface area contributed by atoms with Crippen LogP contribution in [0, 0.1) is 11.8 Å². The average Bonchev–Trinajstić information content (AvgIpc) is 3.13. The number of ether oxygens (including phenoxy) is 2. The third-order valence-corrected chi connectivity index (χ3v) is 9.25. The predicted octanol–water partition coefficient (Wildman–Crippen LogP) is 4.17. The quantitative estimate of drug-likeness (QED) is 0.146. The molecule has 12 nitrogen and oxygen atoms in total. The van der Waals surface area contributed by atoms with Crippen LogP contribution in [0.3, 0.4) is 0 Å². The maximum atomic E-state index is 14.3. The second kappa shape index (κ2) is 19.9. The topological polar surface area (TPSA) is 167 Å². The number of nitrogens with zero attached hydrogens (tertiary/aromatic N) is 1. The SMILES string of the molecule is CC(C)C(NC(=O)C(Cc1ccc(O)cc1)CC(O)C(Cc1ccccc1)NC(=O)OC(C)(C)C)C(=O)NC(Cc1ccccc1)C(=O)N1CCOCC1. The Labute approximate surface area is 318 Å². The fourth-order valence-electron chi connectivity index (χ4n) is 6.39. The lowest BCUT2D eigenvalue weighted by Gasteiger charge is -2.32. The minimum Gasteiger partial charge on any atom is -0.508 e. The largest absolute Gasteiger partial charge is 0.508 e. The van der Waals surface area contributed by atoms with Gasteiger partial charge in [-0.3, -0.25) is 14.4 Å². The first-order valence-electron chi connectivity index (χ1n) is 18.7. The fourth-order valence-corrected chi connectivity index (χ4v) is 6.39. The number of morpholine rings is 1. The number of phenols is 1. The van der Waals surface area contributed by atoms with Crippen LogP contribution < -0.4 is 16.0 Å². The summed E-state index contributed by atoms with van der Waals surface area (Å²) in [5.41, 5.74) is 1.70. The molecule has 4 rings (SSSR count). The standard InChI is InChI=1S/C42H56N4O8/c1-28(2)37(39(50)43-35(26-30-14-10-7-11-15-30)40(51)46-20-22-53-23-21-46)45-38(49)32(24-31-16-18-33(47)19-17-31)27-36(48)34(25-29-12-8-6-9-13-29)44-41(52)54-42(3,4)5/h6-19,28,32,34-37,47-48H,20-27H2,1-5H3,(H,43,50)(H,44,52)(H,45,49). The van der Waals surface area contributed by atoms with Crippen LogP contribution in [-0.4, -0.2) is 95.1 Å². The number of hydrogen-bond donors (Lipinski definition) is 5. The molecule has 3 aromatic rings. The van der Waals surface area contributed by atoms with Crippen molar-refractivity contribution in [2.24, 2.45) is 11.8 Å². The molecule has 12 heteroatoms. The number of benzene rings is 3. The molecule has 1 fully saturated rings. The zero-order chi connectivity index (χ0) is 39.3. The van der Waals surface area contributed by atoms with E-state index in [1.54, 1.807) is 37.8 Å². The first-order chi connectivity index (χ1) is 25.7. The van der Waals surface area contributed by atoms with Gasteiger partial charge in [0, 0.05) is 25.4 Å². The van der Waals surface area contributed by atoms with Gasteiger partial charge in [0.2, 0.25) is 17.7 Å². The average molecular weight is 745 g/mol. The number of phenolic OH excluding ortho intramolecular Hbond substituents is 1. The molecule has 1 aliphatic rings. The van der Waals surface area contributed by atoms with Gasteiger partial charge in [0.25, 0.3) is 0 Å². The fraction of sp³-hybridized carbons (Fsp3) is 0.476. The number of aromatic hydroxyl groups is 1. The summed E-state index contributed by atoms with van der Waals surface area (Å²) in [7, 11) is 0. The normalized spacial score (nSPS) is 16.0. The van der Waals surface area contributed by atoms with Gasteiger partial charge >= 0.3 is 6.09 Å². The molecule has 0 aromatic heterocycles. The molecule has 1 saturated heterocycles. The number of alkyl carbamates (subject to hydrolysis) is 1. The monoisotopic (exact) mass is 744 g/mol. The maximum absolute atomic E-state index is 14.3. The van der Waals surface area contributed by atoms with E-state index in [1.807, 2.05) is 74.5 Å². The van der Waals surface area contributed by atoms with Crippen LogP contribution in [-0.2, 0) is 43.1 Å². The lowest BCUT2D eigenvalue weighted by molar-refractivity contribution is -0.141. The molecule has 5 unspecified atom stereocenters. The highest BCUT2D eigenvalue weighted by Gasteiger charge is 2.35. The Morgan fingerprint density at radius 1 is 0.759 bits per heavy atom. The third-order valence-electron chi connectivity index (χ3n) is 9.25. The smallest absolute Gasteiger partial charge is 0.407 e. The Kier molecular flexibility index (Phi) is 15.4. The molecular formula is C42H56N4O8. The highest BCUT2D eigenvalue weighted by molar-refractivity contribution is 5.93. The minimum atomic E-state index is -1.20. The van der Waals surface area contributed by atoms with Gasteiger partial charge in [-0.05, 0) is 74.8 Å². The summed E-state index contributed by atoms with van der Waals surface area (Å²) < 4.78 is 10.9. The van der Waals surface area contributed by atoms with E-state index in [1.165, 1.54) is 12.1 Å². The van der Waals surface area contributed by atoms with E-state index in [9.17, 15) is 29.4 Å². The highest BCUT2D eigenvalue weighted by Crippen LogP contribution is 2.22. The van der Waals surface area contributed by atoms with Crippen molar-refractivity contribution in [2.45, 2.75) is 90.1 Å². The van der Waals surface area contributed by atoms with E-state index in [4.69, 9.17) is 9.47 Å². The van der Waals surface area contributed by atoms with Crippen LogP contribution in [0.25, 0.3) is 0 Å². The lowest BCUT2D eigenvalue weighted by Crippen LogP contribution is -2.58. The van der Waals surface area contributed by atoms with Crippen molar-refractivity contribution in [2.75, 3.05) is 26.3 Å². The highest BCUT2D eigenvalue weighted by atomic mass is 16.6. The van der Waals surface area contributed by atoms with Crippen molar-refractivity contribution in [1.29, 1.82) is 0 Å². The van der Waals surface area contributed by atoms with Gasteiger partial charge in [-0.25, -0.2) is 4.79 Å². The molecular weight excluding hydrogens is 688 g/mol. The second-order valence-corrected chi connectivity index (χ2v) is 15.2. The summed E-state index contributed by atoms with van der Waals surface area (Å²) in [4.78, 5) is 56.7. The Morgan fingerprint density at radius 2 is 1.31 bits per heavy atom. The van der Waals surface area contributed by atoms with E-state index >= 15 is 0 Å². The molecule has 4 amide bonds. The van der Waals surface area contributed by atoms with Gasteiger partial charge in [-0.2, -0.15) is 0 Å². The van der Waals surface area contributed by atoms with Gasteiger partial charge in [0.1, 0.15) is 23.4 Å². The maximum Gasteiger partial charge on any atom is 0.407 e. The second-order valence-electron chi connectivity index (χ2n) is 15.2. The third kappa shape index (κ3) is 13.5. The van der Waals surface area contributed by atoms with Crippen LogP contribution >= 0.6 is 0 Å². The van der Waals surface area contributed by atoms with E-state index < -0.39 is 53.7 Å². The van der Waals surface area contributed by atoms with Crippen molar-refractivity contribution in [1.82, 2.24) is 20.9 Å². The Bertz CT molecular complexity index is 1640. The number of aliphatic hydroxyl groups excluding tert-OH is 1. The Balaban J connectivity index is 1.57. The molecule has 0 saturated carbocycles. The van der Waals surface area contributed by atoms with Crippen LogP contribution in [0.4, 0.5) is 4.79 Å². The predicted molar refractivity (Wildman–Crippen MR) is 205 cm³/mol. The van der Waals surface area contributed by atoms with Gasteiger partial charge in [0.05, 0.1) is 25.4 Å². The molecule has 1 heterocycles. The van der Waals surface area contributed by atoms with Crippen LogP contribution in [0.2, 0.25) is 0 Å². The molecule has 292 valence electrons. The molecule has 0 bridgehead atoms. The molecule has 1 aliphatic heterocycles. The van der Waals surface area contributed by atoms with Crippen molar-refractivity contribution >= 4 is 23.8 Å². The molecule has 5 atom stereocenters. The first kappa shape index (κ1) is 41.8. The van der Waals surface area contributed by atoms with Crippen LogP contribution in [0.1, 0.15) is 57.7 Å². The van der Waals surface area contributed by atoms with E-state index in [0.717, 1.165) is 16.7 Å². The number of rotatable bonds is 16. The number of nitrogens with one attached hydrogen (secondary N) is 3. The molecule has 0 radical (unpaired) electrons. The number of carbonyl (C=O) groups excluding carboxylic acids is 4. The molecule has 3 aromatic carbocycles. The molecule has 5 N–H and O–H groups in total. The number of aliphatic hydroxyl groups is 1. The van der Waals surface area contributed by atoms with Gasteiger partial charge < -0.3 is 40.5 Å². The summed E-state index contributed by atoms with van der Waals surface area (Å²) in [5, 5.41) is 30.3. The minimum absolute atomic E-state index is 0.0671. The summed E-state index contributed by atoms with van der Waals surface area (Å²) in [6.07, 6.45) is -1.25. The first-order valence-corrected chi connectivity index (χ1v) is 18.7. The Morgan fingerprint density at radius 3 is 1.87 bits per heavy atom. The van der Waals surface area contributed by atoms with E-state index in [2.05, 4.69) is 16.0 Å². The summed E-state index contributed by atoms with van der Waals surface area (Å²) in [6, 6.07) is 22.5. The van der Waals surface area contributed by atoms with E-state index in [0.29, 0.717) is 26.3 Å². The summed E-state index contributed by atoms with van der Waals surface area (Å²) in [5.74, 6) is -2.35. The van der Waals surface area contributed by atoms with Gasteiger partial charge in [-0.1, -0.05) is 86.6 Å². The van der Waals surface area contributed by atoms with E-state index in [-0.39, 0.29) is 43.3 Å². The van der Waals surface area contributed by atoms with Crippen LogP contribution in [0.15, 0.2) is 84.9 Å². The van der Waals surface area contributed by atoms with Crippen molar-refractivity contribution in [3.05, 3.63) is 102 Å². The van der Waals surface area contributed by atoms with Crippen molar-refractivity contribution < 1.29 is 38.9 Å². The number of hydrogen-bond acceptors (Lipinski definition) is 8. The molecule has 0 spiro atoms. The lowest BCUT2D eigenvalue weighted by atomic mass is 9.88. The van der Waals surface area contributed by atoms with Gasteiger partial charge in [0.15, 0.2) is 0 Å². The summed E-state index contributed by atoms with van der Waals surface area (Å²) in [6.45, 7) is 10.5. The Hall–Kier alpha value is -4.94. The number of amides is 4. The van der Waals surface area contributed by atoms with Crippen molar-refractivity contribution in [3.63, 3.8) is 0 Å².